The van der Waals surface area contributed by atoms with E-state index in [1.54, 1.807) is 32.0 Å². The summed E-state index contributed by atoms with van der Waals surface area (Å²) in [7, 11) is -3.84. The predicted octanol–water partition coefficient (Wildman–Crippen LogP) is 4.88. The van der Waals surface area contributed by atoms with Crippen molar-refractivity contribution in [2.75, 3.05) is 12.9 Å². The predicted molar refractivity (Wildman–Crippen MR) is 83.8 cm³/mol. The largest absolute Gasteiger partial charge is 0.608 e. The van der Waals surface area contributed by atoms with E-state index in [1.807, 2.05) is 13.2 Å². The molecule has 0 N–H and O–H groups in total. The average molecular weight is 338 g/mol. The highest BCUT2D eigenvalue weighted by Gasteiger charge is 2.31. The lowest BCUT2D eigenvalue weighted by atomic mass is 10.2. The number of oxime groups is 1. The lowest BCUT2D eigenvalue weighted by Gasteiger charge is -2.16. The Morgan fingerprint density at radius 3 is 2.75 bits per heavy atom. The van der Waals surface area contributed by atoms with Gasteiger partial charge < -0.3 is 4.52 Å². The van der Waals surface area contributed by atoms with Gasteiger partial charge in [-0.3, -0.25) is 9.15 Å². The van der Waals surface area contributed by atoms with Crippen LogP contribution < -0.4 is 4.52 Å². The fourth-order valence-electron chi connectivity index (χ4n) is 1.17. The fraction of sp³-hybridized carbons (Fsp3) is 0.417. The molecule has 0 aliphatic rings. The zero-order valence-electron chi connectivity index (χ0n) is 11.8. The minimum atomic E-state index is -3.84. The standard InChI is InChI=1S/C12H17ClNO4PS/c1-5-16-19(15,18-14-10(3)20-4)17-12-7-6-9(2)8-11(12)13/h6-8H,5H2,1-4H3/b14-10+. The van der Waals surface area contributed by atoms with E-state index >= 15 is 0 Å². The molecule has 1 atom stereocenters. The van der Waals surface area contributed by atoms with Crippen LogP contribution in [0.1, 0.15) is 19.4 Å². The van der Waals surface area contributed by atoms with Gasteiger partial charge in [-0.05, 0) is 44.7 Å². The molecular formula is C12H17ClNO4PS. The molecule has 20 heavy (non-hydrogen) atoms. The quantitative estimate of drug-likeness (QED) is 0.320. The van der Waals surface area contributed by atoms with Gasteiger partial charge in [-0.15, -0.1) is 11.8 Å². The van der Waals surface area contributed by atoms with Crippen LogP contribution in [0, 0.1) is 6.92 Å². The summed E-state index contributed by atoms with van der Waals surface area (Å²) in [4.78, 5) is 0. The van der Waals surface area contributed by atoms with Crippen LogP contribution in [0.15, 0.2) is 23.4 Å². The normalized spacial score (nSPS) is 14.8. The van der Waals surface area contributed by atoms with Gasteiger partial charge in [0.05, 0.1) is 11.6 Å². The second-order valence-corrected chi connectivity index (χ2v) is 6.69. The van der Waals surface area contributed by atoms with Crippen molar-refractivity contribution in [3.8, 4) is 5.75 Å². The Morgan fingerprint density at radius 2 is 2.20 bits per heavy atom. The molecule has 0 aromatic heterocycles. The molecule has 0 amide bonds. The molecule has 0 saturated heterocycles. The van der Waals surface area contributed by atoms with Crippen molar-refractivity contribution >= 4 is 36.2 Å². The van der Waals surface area contributed by atoms with E-state index in [4.69, 9.17) is 25.3 Å². The van der Waals surface area contributed by atoms with Crippen LogP contribution in [-0.2, 0) is 13.7 Å². The number of nitrogens with zero attached hydrogens (tertiary/aromatic N) is 1. The first-order valence-corrected chi connectivity index (χ1v) is 8.94. The van der Waals surface area contributed by atoms with Crippen LogP contribution in [0.3, 0.4) is 0 Å². The molecular weight excluding hydrogens is 321 g/mol. The number of hydrogen-bond acceptors (Lipinski definition) is 6. The summed E-state index contributed by atoms with van der Waals surface area (Å²) in [5, 5.41) is 4.63. The molecule has 0 bridgehead atoms. The molecule has 8 heteroatoms. The van der Waals surface area contributed by atoms with Crippen molar-refractivity contribution in [2.24, 2.45) is 5.16 Å². The zero-order chi connectivity index (χ0) is 15.2. The fourth-order valence-corrected chi connectivity index (χ4v) is 2.74. The van der Waals surface area contributed by atoms with Gasteiger partial charge in [0, 0.05) is 0 Å². The number of rotatable bonds is 6. The summed E-state index contributed by atoms with van der Waals surface area (Å²) in [5.41, 5.74) is 0.964. The van der Waals surface area contributed by atoms with E-state index in [2.05, 4.69) is 5.16 Å². The number of benzene rings is 1. The monoisotopic (exact) mass is 337 g/mol. The maximum atomic E-state index is 12.4. The van der Waals surface area contributed by atoms with Crippen molar-refractivity contribution in [1.29, 1.82) is 0 Å². The van der Waals surface area contributed by atoms with Crippen molar-refractivity contribution in [1.82, 2.24) is 0 Å². The summed E-state index contributed by atoms with van der Waals surface area (Å²) < 4.78 is 27.7. The van der Waals surface area contributed by atoms with Crippen molar-refractivity contribution in [3.63, 3.8) is 0 Å². The SMILES string of the molecule is CCOP(=O)(O/N=C(\C)SC)Oc1ccc(C)cc1Cl. The molecule has 1 aromatic carbocycles. The topological polar surface area (TPSA) is 57.1 Å². The highest BCUT2D eigenvalue weighted by atomic mass is 35.5. The first kappa shape index (κ1) is 17.4. The molecule has 0 heterocycles. The molecule has 1 rings (SSSR count). The van der Waals surface area contributed by atoms with Gasteiger partial charge in [0.15, 0.2) is 5.75 Å². The molecule has 0 saturated carbocycles. The molecule has 0 aliphatic carbocycles. The van der Waals surface area contributed by atoms with Gasteiger partial charge in [-0.2, -0.15) is 0 Å². The Labute approximate surface area is 128 Å². The number of halogens is 1. The third kappa shape index (κ3) is 5.37. The summed E-state index contributed by atoms with van der Waals surface area (Å²) in [6, 6.07) is 5.09. The Morgan fingerprint density at radius 1 is 1.50 bits per heavy atom. The molecule has 112 valence electrons. The smallest absolute Gasteiger partial charge is 0.392 e. The van der Waals surface area contributed by atoms with Crippen molar-refractivity contribution < 1.29 is 18.2 Å². The van der Waals surface area contributed by atoms with Gasteiger partial charge >= 0.3 is 7.82 Å². The molecule has 0 fully saturated rings. The first-order valence-electron chi connectivity index (χ1n) is 5.88. The maximum absolute atomic E-state index is 12.4. The summed E-state index contributed by atoms with van der Waals surface area (Å²) in [6.07, 6.45) is 1.82. The molecule has 1 aromatic rings. The third-order valence-electron chi connectivity index (χ3n) is 2.15. The first-order chi connectivity index (χ1) is 9.40. The van der Waals surface area contributed by atoms with Gasteiger partial charge in [0.25, 0.3) is 0 Å². The Hall–Kier alpha value is -0.680. The van der Waals surface area contributed by atoms with E-state index in [0.29, 0.717) is 10.1 Å². The molecule has 5 nitrogen and oxygen atoms in total. The molecule has 1 unspecified atom stereocenters. The van der Waals surface area contributed by atoms with Gasteiger partial charge in [-0.25, -0.2) is 4.57 Å². The van der Waals surface area contributed by atoms with Crippen LogP contribution in [0.25, 0.3) is 0 Å². The van der Waals surface area contributed by atoms with Gasteiger partial charge in [-0.1, -0.05) is 22.8 Å². The van der Waals surface area contributed by atoms with Crippen molar-refractivity contribution in [3.05, 3.63) is 28.8 Å². The zero-order valence-corrected chi connectivity index (χ0v) is 14.2. The number of phosphoric ester groups is 1. The van der Waals surface area contributed by atoms with Crippen LogP contribution >= 0.6 is 31.2 Å². The summed E-state index contributed by atoms with van der Waals surface area (Å²) >= 11 is 7.39. The van der Waals surface area contributed by atoms with Crippen LogP contribution in [-0.4, -0.2) is 17.9 Å². The Bertz CT molecular complexity index is 538. The maximum Gasteiger partial charge on any atom is 0.608 e. The van der Waals surface area contributed by atoms with E-state index in [0.717, 1.165) is 5.56 Å². The number of phosphoric acid groups is 1. The number of thioether (sulfide) groups is 1. The van der Waals surface area contributed by atoms with Crippen molar-refractivity contribution in [2.45, 2.75) is 20.8 Å². The third-order valence-corrected chi connectivity index (χ3v) is 4.39. The minimum absolute atomic E-state index is 0.161. The van der Waals surface area contributed by atoms with Crippen LogP contribution in [0.4, 0.5) is 0 Å². The van der Waals surface area contributed by atoms with Crippen LogP contribution in [0.2, 0.25) is 5.02 Å². The Kier molecular flexibility index (Phi) is 6.89. The van der Waals surface area contributed by atoms with E-state index in [9.17, 15) is 4.57 Å². The molecule has 0 radical (unpaired) electrons. The number of aryl methyl sites for hydroxylation is 1. The Balaban J connectivity index is 2.93. The van der Waals surface area contributed by atoms with E-state index in [-0.39, 0.29) is 12.4 Å². The van der Waals surface area contributed by atoms with E-state index in [1.165, 1.54) is 11.8 Å². The highest BCUT2D eigenvalue weighted by molar-refractivity contribution is 8.13. The average Bonchev–Trinajstić information content (AvgIpc) is 2.40. The van der Waals surface area contributed by atoms with Gasteiger partial charge in [0.2, 0.25) is 0 Å². The summed E-state index contributed by atoms with van der Waals surface area (Å²) in [6.45, 7) is 5.45. The summed E-state index contributed by atoms with van der Waals surface area (Å²) in [5.74, 6) is 0.228. The second-order valence-electron chi connectivity index (χ2n) is 3.79. The molecule has 0 aliphatic heterocycles. The number of hydrogen-bond donors (Lipinski definition) is 0. The minimum Gasteiger partial charge on any atom is -0.392 e. The lowest BCUT2D eigenvalue weighted by molar-refractivity contribution is 0.166. The second kappa shape index (κ2) is 7.93. The van der Waals surface area contributed by atoms with Crippen LogP contribution in [0.5, 0.6) is 5.75 Å². The van der Waals surface area contributed by atoms with E-state index < -0.39 is 7.82 Å². The van der Waals surface area contributed by atoms with Gasteiger partial charge in [0.1, 0.15) is 5.04 Å². The molecule has 0 spiro atoms. The highest BCUT2D eigenvalue weighted by Crippen LogP contribution is 2.51. The lowest BCUT2D eigenvalue weighted by Crippen LogP contribution is -2.01.